The highest BCUT2D eigenvalue weighted by Gasteiger charge is 2.27. The van der Waals surface area contributed by atoms with Crippen molar-refractivity contribution < 1.29 is 28.0 Å². The second-order valence-electron chi connectivity index (χ2n) is 6.36. The number of carbonyl (C=O) groups excluding carboxylic acids is 1. The largest absolute Gasteiger partial charge is 0.502 e. The zero-order chi connectivity index (χ0) is 22.6. The molecule has 0 radical (unpaired) electrons. The van der Waals surface area contributed by atoms with Crippen LogP contribution in [0.5, 0.6) is 5.75 Å². The summed E-state index contributed by atoms with van der Waals surface area (Å²) in [7, 11) is -3.78. The summed E-state index contributed by atoms with van der Waals surface area (Å²) in [6.45, 7) is 1.03. The van der Waals surface area contributed by atoms with E-state index < -0.39 is 32.3 Å². The normalized spacial score (nSPS) is 15.1. The van der Waals surface area contributed by atoms with Gasteiger partial charge in [-0.25, -0.2) is 13.8 Å². The van der Waals surface area contributed by atoms with Crippen molar-refractivity contribution in [3.63, 3.8) is 0 Å². The predicted molar refractivity (Wildman–Crippen MR) is 111 cm³/mol. The number of nitro benzene ring substituents is 1. The van der Waals surface area contributed by atoms with Gasteiger partial charge in [-0.2, -0.15) is 9.41 Å². The highest BCUT2D eigenvalue weighted by molar-refractivity contribution is 7.89. The van der Waals surface area contributed by atoms with Crippen LogP contribution in [0.25, 0.3) is 0 Å². The number of rotatable bonds is 6. The summed E-state index contributed by atoms with van der Waals surface area (Å²) in [5.41, 5.74) is 1.52. The zero-order valence-electron chi connectivity index (χ0n) is 15.9. The lowest BCUT2D eigenvalue weighted by molar-refractivity contribution is -0.385. The number of amides is 1. The second-order valence-corrected chi connectivity index (χ2v) is 8.74. The van der Waals surface area contributed by atoms with Crippen LogP contribution in [0.2, 0.25) is 5.02 Å². The molecule has 2 N–H and O–H groups in total. The molecule has 2 aromatic carbocycles. The summed E-state index contributed by atoms with van der Waals surface area (Å²) in [5.74, 6) is -1.38. The average Bonchev–Trinajstić information content (AvgIpc) is 2.76. The van der Waals surface area contributed by atoms with Gasteiger partial charge in [0.05, 0.1) is 29.2 Å². The molecule has 1 saturated heterocycles. The number of hydrogen-bond donors (Lipinski definition) is 2. The molecule has 0 aliphatic carbocycles. The third-order valence-electron chi connectivity index (χ3n) is 4.35. The molecule has 1 amide bonds. The molecule has 0 aromatic heterocycles. The first kappa shape index (κ1) is 22.6. The summed E-state index contributed by atoms with van der Waals surface area (Å²) in [5, 5.41) is 24.5. The van der Waals surface area contributed by atoms with E-state index in [2.05, 4.69) is 10.5 Å². The summed E-state index contributed by atoms with van der Waals surface area (Å²) in [6.07, 6.45) is 0.987. The fourth-order valence-electron chi connectivity index (χ4n) is 2.80. The van der Waals surface area contributed by atoms with Crippen LogP contribution < -0.4 is 5.43 Å². The van der Waals surface area contributed by atoms with Gasteiger partial charge in [0.2, 0.25) is 15.8 Å². The number of nitro groups is 1. The molecule has 164 valence electrons. The first-order valence-corrected chi connectivity index (χ1v) is 10.7. The molecule has 1 aliphatic rings. The van der Waals surface area contributed by atoms with Crippen molar-refractivity contribution in [2.45, 2.75) is 4.90 Å². The fourth-order valence-corrected chi connectivity index (χ4v) is 4.48. The first-order valence-electron chi connectivity index (χ1n) is 8.88. The maximum absolute atomic E-state index is 12.7. The highest BCUT2D eigenvalue weighted by atomic mass is 35.5. The quantitative estimate of drug-likeness (QED) is 0.372. The van der Waals surface area contributed by atoms with Gasteiger partial charge in [0.15, 0.2) is 0 Å². The minimum absolute atomic E-state index is 0.00158. The monoisotopic (exact) mass is 468 g/mol. The molecule has 0 saturated carbocycles. The van der Waals surface area contributed by atoms with Crippen molar-refractivity contribution in [1.82, 2.24) is 9.73 Å². The number of sulfonamides is 1. The Balaban J connectivity index is 1.76. The molecule has 0 atom stereocenters. The maximum Gasteiger partial charge on any atom is 0.312 e. The smallest absolute Gasteiger partial charge is 0.312 e. The number of phenols is 1. The van der Waals surface area contributed by atoms with Crippen molar-refractivity contribution in [2.24, 2.45) is 5.10 Å². The van der Waals surface area contributed by atoms with Gasteiger partial charge in [-0.1, -0.05) is 17.7 Å². The van der Waals surface area contributed by atoms with Crippen LogP contribution in [-0.4, -0.2) is 61.2 Å². The lowest BCUT2D eigenvalue weighted by Crippen LogP contribution is -2.40. The van der Waals surface area contributed by atoms with Gasteiger partial charge >= 0.3 is 5.69 Å². The standard InChI is InChI=1S/C18H17ClN4O7S/c19-14-8-13(17(24)16(10-14)23(26)27)11-20-21-18(25)12-2-1-3-15(9-12)31(28,29)22-4-6-30-7-5-22/h1-3,8-11,24H,4-7H2,(H,21,25)/b20-11-. The average molecular weight is 469 g/mol. The van der Waals surface area contributed by atoms with E-state index in [0.717, 1.165) is 12.3 Å². The van der Waals surface area contributed by atoms with E-state index in [0.29, 0.717) is 13.2 Å². The number of aromatic hydroxyl groups is 1. The topological polar surface area (TPSA) is 151 Å². The van der Waals surface area contributed by atoms with Gasteiger partial charge in [0.1, 0.15) is 0 Å². The summed E-state index contributed by atoms with van der Waals surface area (Å²) in [4.78, 5) is 22.4. The molecular formula is C18H17ClN4O7S. The minimum atomic E-state index is -3.78. The molecular weight excluding hydrogens is 452 g/mol. The molecule has 0 spiro atoms. The second kappa shape index (κ2) is 9.39. The Morgan fingerprint density at radius 3 is 2.68 bits per heavy atom. The van der Waals surface area contributed by atoms with E-state index in [4.69, 9.17) is 16.3 Å². The Morgan fingerprint density at radius 2 is 2.00 bits per heavy atom. The molecule has 1 aliphatic heterocycles. The zero-order valence-corrected chi connectivity index (χ0v) is 17.5. The van der Waals surface area contributed by atoms with E-state index >= 15 is 0 Å². The van der Waals surface area contributed by atoms with Crippen molar-refractivity contribution in [3.8, 4) is 5.75 Å². The van der Waals surface area contributed by atoms with E-state index in [9.17, 15) is 28.4 Å². The van der Waals surface area contributed by atoms with Gasteiger partial charge in [0, 0.05) is 35.3 Å². The van der Waals surface area contributed by atoms with E-state index in [-0.39, 0.29) is 34.1 Å². The van der Waals surface area contributed by atoms with E-state index in [1.165, 1.54) is 34.6 Å². The number of hydrazone groups is 1. The predicted octanol–water partition coefficient (Wildman–Crippen LogP) is 1.74. The fraction of sp³-hybridized carbons (Fsp3) is 0.222. The SMILES string of the molecule is O=C(N/N=C\c1cc(Cl)cc([N+](=O)[O-])c1O)c1cccc(S(=O)(=O)N2CCOCC2)c1. The van der Waals surface area contributed by atoms with Crippen LogP contribution >= 0.6 is 11.6 Å². The third kappa shape index (κ3) is 5.17. The lowest BCUT2D eigenvalue weighted by Gasteiger charge is -2.26. The molecule has 31 heavy (non-hydrogen) atoms. The van der Waals surface area contributed by atoms with Crippen LogP contribution in [0.3, 0.4) is 0 Å². The lowest BCUT2D eigenvalue weighted by atomic mass is 10.2. The number of halogens is 1. The number of nitrogens with one attached hydrogen (secondary N) is 1. The van der Waals surface area contributed by atoms with Crippen LogP contribution in [-0.2, 0) is 14.8 Å². The Morgan fingerprint density at radius 1 is 1.29 bits per heavy atom. The van der Waals surface area contributed by atoms with Crippen molar-refractivity contribution in [2.75, 3.05) is 26.3 Å². The number of phenolic OH excluding ortho intramolecular Hbond substituents is 1. The number of benzene rings is 2. The van der Waals surface area contributed by atoms with Crippen LogP contribution in [0.15, 0.2) is 46.4 Å². The molecule has 13 heteroatoms. The minimum Gasteiger partial charge on any atom is -0.502 e. The van der Waals surface area contributed by atoms with Crippen LogP contribution in [0, 0.1) is 10.1 Å². The van der Waals surface area contributed by atoms with Gasteiger partial charge < -0.3 is 9.84 Å². The number of carbonyl (C=O) groups is 1. The Labute approximate surface area is 182 Å². The maximum atomic E-state index is 12.7. The van der Waals surface area contributed by atoms with Crippen molar-refractivity contribution in [3.05, 3.63) is 62.7 Å². The van der Waals surface area contributed by atoms with Gasteiger partial charge in [-0.05, 0) is 24.3 Å². The number of nitrogens with zero attached hydrogens (tertiary/aromatic N) is 3. The Bertz CT molecular complexity index is 1150. The molecule has 1 fully saturated rings. The number of morpholine rings is 1. The van der Waals surface area contributed by atoms with Gasteiger partial charge in [-0.15, -0.1) is 0 Å². The number of ether oxygens (including phenoxy) is 1. The van der Waals surface area contributed by atoms with Crippen LogP contribution in [0.1, 0.15) is 15.9 Å². The van der Waals surface area contributed by atoms with Gasteiger partial charge in [0.25, 0.3) is 5.91 Å². The van der Waals surface area contributed by atoms with Crippen molar-refractivity contribution in [1.29, 1.82) is 0 Å². The molecule has 0 unspecified atom stereocenters. The third-order valence-corrected chi connectivity index (χ3v) is 6.47. The first-order chi connectivity index (χ1) is 14.7. The van der Waals surface area contributed by atoms with E-state index in [1.807, 2.05) is 0 Å². The van der Waals surface area contributed by atoms with Crippen LogP contribution in [0.4, 0.5) is 5.69 Å². The van der Waals surface area contributed by atoms with Crippen molar-refractivity contribution >= 4 is 39.4 Å². The summed E-state index contributed by atoms with van der Waals surface area (Å²) in [6, 6.07) is 7.65. The summed E-state index contributed by atoms with van der Waals surface area (Å²) < 4.78 is 31.9. The summed E-state index contributed by atoms with van der Waals surface area (Å²) >= 11 is 5.79. The molecule has 11 nitrogen and oxygen atoms in total. The number of hydrogen-bond acceptors (Lipinski definition) is 8. The van der Waals surface area contributed by atoms with E-state index in [1.54, 1.807) is 0 Å². The Hall–Kier alpha value is -3.06. The molecule has 2 aromatic rings. The molecule has 0 bridgehead atoms. The molecule has 3 rings (SSSR count). The highest BCUT2D eigenvalue weighted by Crippen LogP contribution is 2.32. The van der Waals surface area contributed by atoms with Gasteiger partial charge in [-0.3, -0.25) is 14.9 Å². The Kier molecular flexibility index (Phi) is 6.85. The molecule has 1 heterocycles.